The summed E-state index contributed by atoms with van der Waals surface area (Å²) < 4.78 is 0. The van der Waals surface area contributed by atoms with E-state index < -0.39 is 0 Å². The molecule has 1 aliphatic rings. The van der Waals surface area contributed by atoms with Crippen molar-refractivity contribution in [1.82, 2.24) is 25.4 Å². The molecule has 0 radical (unpaired) electrons. The summed E-state index contributed by atoms with van der Waals surface area (Å²) in [6, 6.07) is 20.4. The van der Waals surface area contributed by atoms with E-state index in [-0.39, 0.29) is 11.8 Å². The van der Waals surface area contributed by atoms with Crippen LogP contribution in [-0.2, 0) is 11.3 Å². The SMILES string of the molecule is O=C(NCCSc1n[nH]c(-c2ccccc2)n1)[C@H]1CCCN(Cc2ccccc2)C1. The van der Waals surface area contributed by atoms with Gasteiger partial charge in [0.25, 0.3) is 0 Å². The fraction of sp³-hybridized carbons (Fsp3) is 0.348. The van der Waals surface area contributed by atoms with E-state index in [1.165, 1.54) is 5.56 Å². The first kappa shape index (κ1) is 20.6. The Morgan fingerprint density at radius 1 is 1.13 bits per heavy atom. The van der Waals surface area contributed by atoms with Crippen LogP contribution in [0.4, 0.5) is 0 Å². The Morgan fingerprint density at radius 3 is 2.70 bits per heavy atom. The van der Waals surface area contributed by atoms with Gasteiger partial charge in [0, 0.05) is 31.0 Å². The van der Waals surface area contributed by atoms with Crippen molar-refractivity contribution in [3.8, 4) is 11.4 Å². The first-order chi connectivity index (χ1) is 14.8. The molecule has 1 fully saturated rings. The molecule has 7 heteroatoms. The van der Waals surface area contributed by atoms with Crippen molar-refractivity contribution in [3.63, 3.8) is 0 Å². The van der Waals surface area contributed by atoms with Gasteiger partial charge >= 0.3 is 0 Å². The van der Waals surface area contributed by atoms with Gasteiger partial charge in [-0.3, -0.25) is 14.8 Å². The number of carbonyl (C=O) groups is 1. The zero-order valence-corrected chi connectivity index (χ0v) is 17.8. The number of likely N-dealkylation sites (tertiary alicyclic amines) is 1. The largest absolute Gasteiger partial charge is 0.355 e. The van der Waals surface area contributed by atoms with Crippen LogP contribution in [-0.4, -0.2) is 51.4 Å². The van der Waals surface area contributed by atoms with Gasteiger partial charge in [0.2, 0.25) is 11.1 Å². The fourth-order valence-electron chi connectivity index (χ4n) is 3.75. The van der Waals surface area contributed by atoms with Crippen LogP contribution in [0.5, 0.6) is 0 Å². The summed E-state index contributed by atoms with van der Waals surface area (Å²) in [5, 5.41) is 11.0. The van der Waals surface area contributed by atoms with Crippen molar-refractivity contribution in [1.29, 1.82) is 0 Å². The lowest BCUT2D eigenvalue weighted by Crippen LogP contribution is -2.43. The second-order valence-corrected chi connectivity index (χ2v) is 8.59. The van der Waals surface area contributed by atoms with Gasteiger partial charge in [-0.2, -0.15) is 0 Å². The molecule has 2 heterocycles. The van der Waals surface area contributed by atoms with Gasteiger partial charge in [-0.25, -0.2) is 4.98 Å². The molecule has 0 aliphatic carbocycles. The molecular formula is C23H27N5OS. The highest BCUT2D eigenvalue weighted by molar-refractivity contribution is 7.99. The third kappa shape index (κ3) is 5.70. The van der Waals surface area contributed by atoms with Gasteiger partial charge < -0.3 is 5.32 Å². The summed E-state index contributed by atoms with van der Waals surface area (Å²) in [5.74, 6) is 1.75. The molecule has 1 atom stereocenters. The average molecular weight is 422 g/mol. The first-order valence-electron chi connectivity index (χ1n) is 10.4. The van der Waals surface area contributed by atoms with Gasteiger partial charge in [-0.15, -0.1) is 5.10 Å². The highest BCUT2D eigenvalue weighted by atomic mass is 32.2. The number of hydrogen-bond acceptors (Lipinski definition) is 5. The van der Waals surface area contributed by atoms with Crippen LogP contribution in [0.15, 0.2) is 65.8 Å². The molecule has 0 bridgehead atoms. The smallest absolute Gasteiger partial charge is 0.224 e. The molecule has 2 aromatic carbocycles. The maximum atomic E-state index is 12.6. The average Bonchev–Trinajstić information content (AvgIpc) is 3.27. The van der Waals surface area contributed by atoms with E-state index in [1.807, 2.05) is 36.4 Å². The topological polar surface area (TPSA) is 73.9 Å². The molecule has 6 nitrogen and oxygen atoms in total. The molecule has 1 amide bonds. The van der Waals surface area contributed by atoms with Crippen LogP contribution in [0, 0.1) is 5.92 Å². The highest BCUT2D eigenvalue weighted by Gasteiger charge is 2.25. The molecule has 1 saturated heterocycles. The minimum absolute atomic E-state index is 0.0701. The zero-order chi connectivity index (χ0) is 20.6. The van der Waals surface area contributed by atoms with Gasteiger partial charge in [-0.05, 0) is 24.9 Å². The Labute approximate surface area is 181 Å². The van der Waals surface area contributed by atoms with Crippen molar-refractivity contribution in [3.05, 3.63) is 66.2 Å². The molecular weight excluding hydrogens is 394 g/mol. The lowest BCUT2D eigenvalue weighted by molar-refractivity contribution is -0.126. The number of benzene rings is 2. The Kier molecular flexibility index (Phi) is 7.16. The van der Waals surface area contributed by atoms with Gasteiger partial charge in [-0.1, -0.05) is 72.4 Å². The molecule has 1 aliphatic heterocycles. The quantitative estimate of drug-likeness (QED) is 0.429. The van der Waals surface area contributed by atoms with Crippen molar-refractivity contribution < 1.29 is 4.79 Å². The van der Waals surface area contributed by atoms with Crippen LogP contribution >= 0.6 is 11.8 Å². The minimum Gasteiger partial charge on any atom is -0.355 e. The number of piperidine rings is 1. The van der Waals surface area contributed by atoms with Crippen LogP contribution in [0.25, 0.3) is 11.4 Å². The standard InChI is InChI=1S/C23H27N5OS/c29-22(20-12-7-14-28(17-20)16-18-8-3-1-4-9-18)24-13-15-30-23-25-21(26-27-23)19-10-5-2-6-11-19/h1-6,8-11,20H,7,12-17H2,(H,24,29)(H,25,26,27)/t20-/m0/s1. The number of carbonyl (C=O) groups excluding carboxylic acids is 1. The molecule has 0 saturated carbocycles. The predicted molar refractivity (Wildman–Crippen MR) is 120 cm³/mol. The number of aromatic amines is 1. The summed E-state index contributed by atoms with van der Waals surface area (Å²) in [7, 11) is 0. The molecule has 156 valence electrons. The lowest BCUT2D eigenvalue weighted by atomic mass is 9.96. The number of aromatic nitrogens is 3. The number of nitrogens with zero attached hydrogens (tertiary/aromatic N) is 3. The molecule has 4 rings (SSSR count). The van der Waals surface area contributed by atoms with Gasteiger partial charge in [0.15, 0.2) is 5.82 Å². The molecule has 0 spiro atoms. The van der Waals surface area contributed by atoms with Crippen molar-refractivity contribution in [2.45, 2.75) is 24.5 Å². The number of nitrogens with one attached hydrogen (secondary N) is 2. The summed E-state index contributed by atoms with van der Waals surface area (Å²) in [6.07, 6.45) is 2.03. The molecule has 0 unspecified atom stereocenters. The van der Waals surface area contributed by atoms with Crippen molar-refractivity contribution in [2.75, 3.05) is 25.4 Å². The number of H-pyrrole nitrogens is 1. The third-order valence-corrected chi connectivity index (χ3v) is 6.12. The molecule has 1 aromatic heterocycles. The van der Waals surface area contributed by atoms with Crippen molar-refractivity contribution >= 4 is 17.7 Å². The summed E-state index contributed by atoms with van der Waals surface area (Å²) >= 11 is 1.55. The van der Waals surface area contributed by atoms with Crippen LogP contribution in [0.3, 0.4) is 0 Å². The van der Waals surface area contributed by atoms with Crippen LogP contribution < -0.4 is 5.32 Å². The van der Waals surface area contributed by atoms with Crippen molar-refractivity contribution in [2.24, 2.45) is 5.92 Å². The predicted octanol–water partition coefficient (Wildman–Crippen LogP) is 3.59. The fourth-order valence-corrected chi connectivity index (χ4v) is 4.40. The van der Waals surface area contributed by atoms with Crippen LogP contribution in [0.1, 0.15) is 18.4 Å². The third-order valence-electron chi connectivity index (χ3n) is 5.27. The number of thioether (sulfide) groups is 1. The Hall–Kier alpha value is -2.64. The Balaban J connectivity index is 1.19. The Morgan fingerprint density at radius 2 is 1.90 bits per heavy atom. The minimum atomic E-state index is 0.0701. The number of hydrogen-bond donors (Lipinski definition) is 2. The monoisotopic (exact) mass is 421 g/mol. The lowest BCUT2D eigenvalue weighted by Gasteiger charge is -2.32. The molecule has 2 N–H and O–H groups in total. The number of rotatable bonds is 8. The van der Waals surface area contributed by atoms with E-state index in [9.17, 15) is 4.79 Å². The summed E-state index contributed by atoms with van der Waals surface area (Å²) in [5.41, 5.74) is 2.32. The number of amides is 1. The molecule has 3 aromatic rings. The first-order valence-corrected chi connectivity index (χ1v) is 11.4. The van der Waals surface area contributed by atoms with E-state index in [0.717, 1.165) is 49.6 Å². The highest BCUT2D eigenvalue weighted by Crippen LogP contribution is 2.20. The maximum absolute atomic E-state index is 12.6. The second kappa shape index (κ2) is 10.4. The van der Waals surface area contributed by atoms with Gasteiger partial charge in [0.05, 0.1) is 5.92 Å². The van der Waals surface area contributed by atoms with E-state index in [2.05, 4.69) is 49.7 Å². The van der Waals surface area contributed by atoms with E-state index in [4.69, 9.17) is 0 Å². The van der Waals surface area contributed by atoms with E-state index in [0.29, 0.717) is 11.7 Å². The normalized spacial score (nSPS) is 17.0. The molecule has 30 heavy (non-hydrogen) atoms. The van der Waals surface area contributed by atoms with E-state index >= 15 is 0 Å². The van der Waals surface area contributed by atoms with E-state index in [1.54, 1.807) is 11.8 Å². The second-order valence-electron chi connectivity index (χ2n) is 7.53. The zero-order valence-electron chi connectivity index (χ0n) is 17.0. The van der Waals surface area contributed by atoms with Gasteiger partial charge in [0.1, 0.15) is 0 Å². The summed E-state index contributed by atoms with van der Waals surface area (Å²) in [4.78, 5) is 19.5. The summed E-state index contributed by atoms with van der Waals surface area (Å²) in [6.45, 7) is 3.42. The van der Waals surface area contributed by atoms with Crippen LogP contribution in [0.2, 0.25) is 0 Å². The maximum Gasteiger partial charge on any atom is 0.224 e. The Bertz CT molecular complexity index is 931.